The summed E-state index contributed by atoms with van der Waals surface area (Å²) < 4.78 is 24.5. The van der Waals surface area contributed by atoms with Gasteiger partial charge in [-0.25, -0.2) is 4.39 Å². The van der Waals surface area contributed by atoms with Crippen LogP contribution in [0.15, 0.2) is 18.2 Å². The molecule has 0 aromatic heterocycles. The summed E-state index contributed by atoms with van der Waals surface area (Å²) in [5, 5.41) is 0. The summed E-state index contributed by atoms with van der Waals surface area (Å²) in [6, 6.07) is 5.10. The molecule has 4 nitrogen and oxygen atoms in total. The third-order valence-corrected chi connectivity index (χ3v) is 3.40. The van der Waals surface area contributed by atoms with Crippen LogP contribution in [0.4, 0.5) is 10.1 Å². The van der Waals surface area contributed by atoms with Crippen molar-refractivity contribution in [2.75, 3.05) is 33.0 Å². The average molecular weight is 254 g/mol. The first-order valence-corrected chi connectivity index (χ1v) is 5.96. The zero-order valence-electron chi connectivity index (χ0n) is 10.7. The summed E-state index contributed by atoms with van der Waals surface area (Å²) in [6.45, 7) is 2.00. The predicted molar refractivity (Wildman–Crippen MR) is 67.7 cm³/mol. The Morgan fingerprint density at radius 3 is 2.44 bits per heavy atom. The van der Waals surface area contributed by atoms with E-state index in [1.54, 1.807) is 32.4 Å². The van der Waals surface area contributed by atoms with Gasteiger partial charge in [0.15, 0.2) is 5.82 Å². The van der Waals surface area contributed by atoms with Gasteiger partial charge in [-0.3, -0.25) is 4.90 Å². The molecule has 0 amide bonds. The van der Waals surface area contributed by atoms with E-state index in [2.05, 4.69) is 4.90 Å². The molecule has 5 heteroatoms. The normalized spacial score (nSPS) is 24.6. The molecule has 0 bridgehead atoms. The number of nitrogen functional groups attached to an aromatic ring is 1. The predicted octanol–water partition coefficient (Wildman–Crippen LogP) is 1.25. The standard InChI is InChI=1S/C13H19FN2O2/c1-17-11-7-16(8-12(11)18-2)6-9-4-3-5-10(15)13(9)14/h3-5,11-12H,6-8,15H2,1-2H3. The molecule has 18 heavy (non-hydrogen) atoms. The Labute approximate surface area is 106 Å². The third kappa shape index (κ3) is 2.63. The number of likely N-dealkylation sites (tertiary alicyclic amines) is 1. The van der Waals surface area contributed by atoms with Gasteiger partial charge in [0.05, 0.1) is 17.9 Å². The van der Waals surface area contributed by atoms with Crippen molar-refractivity contribution in [3.8, 4) is 0 Å². The fourth-order valence-corrected chi connectivity index (χ4v) is 2.36. The van der Waals surface area contributed by atoms with Gasteiger partial charge in [0.2, 0.25) is 0 Å². The number of halogens is 1. The van der Waals surface area contributed by atoms with Crippen molar-refractivity contribution in [3.05, 3.63) is 29.6 Å². The van der Waals surface area contributed by atoms with Crippen molar-refractivity contribution in [2.45, 2.75) is 18.8 Å². The molecular weight excluding hydrogens is 235 g/mol. The molecule has 0 radical (unpaired) electrons. The number of anilines is 1. The lowest BCUT2D eigenvalue weighted by atomic mass is 10.2. The topological polar surface area (TPSA) is 47.7 Å². The first-order valence-electron chi connectivity index (χ1n) is 5.96. The van der Waals surface area contributed by atoms with E-state index < -0.39 is 0 Å². The lowest BCUT2D eigenvalue weighted by Crippen LogP contribution is -2.27. The second-order valence-electron chi connectivity index (χ2n) is 4.56. The number of hydrogen-bond acceptors (Lipinski definition) is 4. The Balaban J connectivity index is 2.05. The molecule has 1 fully saturated rings. The Morgan fingerprint density at radius 1 is 1.28 bits per heavy atom. The molecule has 2 atom stereocenters. The summed E-state index contributed by atoms with van der Waals surface area (Å²) in [6.07, 6.45) is 0.0817. The smallest absolute Gasteiger partial charge is 0.150 e. The molecule has 2 unspecified atom stereocenters. The van der Waals surface area contributed by atoms with Crippen LogP contribution in [0.25, 0.3) is 0 Å². The second kappa shape index (κ2) is 5.65. The molecule has 1 heterocycles. The van der Waals surface area contributed by atoms with Crippen molar-refractivity contribution in [1.29, 1.82) is 0 Å². The number of methoxy groups -OCH3 is 2. The summed E-state index contributed by atoms with van der Waals surface area (Å²) in [4.78, 5) is 2.11. The van der Waals surface area contributed by atoms with E-state index in [0.717, 1.165) is 13.1 Å². The largest absolute Gasteiger partial charge is 0.396 e. The highest BCUT2D eigenvalue weighted by Gasteiger charge is 2.33. The number of hydrogen-bond donors (Lipinski definition) is 1. The Bertz CT molecular complexity index is 402. The monoisotopic (exact) mass is 254 g/mol. The molecule has 0 aliphatic carbocycles. The Kier molecular flexibility index (Phi) is 4.16. The minimum absolute atomic E-state index is 0.0409. The van der Waals surface area contributed by atoms with Crippen LogP contribution in [-0.4, -0.2) is 44.4 Å². The van der Waals surface area contributed by atoms with Gasteiger partial charge >= 0.3 is 0 Å². The Hall–Kier alpha value is -1.17. The van der Waals surface area contributed by atoms with Crippen LogP contribution in [0.1, 0.15) is 5.56 Å². The van der Waals surface area contributed by atoms with E-state index in [1.807, 2.05) is 0 Å². The fraction of sp³-hybridized carbons (Fsp3) is 0.538. The van der Waals surface area contributed by atoms with Gasteiger partial charge in [-0.2, -0.15) is 0 Å². The first-order chi connectivity index (χ1) is 8.65. The first kappa shape index (κ1) is 13.3. The minimum Gasteiger partial charge on any atom is -0.396 e. The maximum atomic E-state index is 13.8. The molecule has 0 spiro atoms. The second-order valence-corrected chi connectivity index (χ2v) is 4.56. The number of rotatable bonds is 4. The van der Waals surface area contributed by atoms with Crippen LogP contribution in [0.5, 0.6) is 0 Å². The average Bonchev–Trinajstić information content (AvgIpc) is 2.77. The van der Waals surface area contributed by atoms with Gasteiger partial charge in [0, 0.05) is 39.4 Å². The number of benzene rings is 1. The van der Waals surface area contributed by atoms with Crippen molar-refractivity contribution in [3.63, 3.8) is 0 Å². The highest BCUT2D eigenvalue weighted by atomic mass is 19.1. The van der Waals surface area contributed by atoms with Crippen LogP contribution in [0, 0.1) is 5.82 Å². The zero-order chi connectivity index (χ0) is 13.1. The number of nitrogens with zero attached hydrogens (tertiary/aromatic N) is 1. The summed E-state index contributed by atoms with van der Waals surface area (Å²) in [5.74, 6) is -0.327. The molecule has 2 N–H and O–H groups in total. The molecule has 1 aliphatic rings. The van der Waals surface area contributed by atoms with Crippen molar-refractivity contribution >= 4 is 5.69 Å². The van der Waals surface area contributed by atoms with Crippen LogP contribution in [0.2, 0.25) is 0 Å². The molecule has 100 valence electrons. The maximum Gasteiger partial charge on any atom is 0.150 e. The van der Waals surface area contributed by atoms with Crippen LogP contribution < -0.4 is 5.73 Å². The quantitative estimate of drug-likeness (QED) is 0.822. The van der Waals surface area contributed by atoms with Crippen LogP contribution in [-0.2, 0) is 16.0 Å². The molecule has 1 aromatic rings. The lowest BCUT2D eigenvalue weighted by Gasteiger charge is -2.16. The van der Waals surface area contributed by atoms with E-state index in [1.165, 1.54) is 0 Å². The maximum absolute atomic E-state index is 13.8. The van der Waals surface area contributed by atoms with Crippen molar-refractivity contribution in [1.82, 2.24) is 4.90 Å². The highest BCUT2D eigenvalue weighted by molar-refractivity contribution is 5.42. The summed E-state index contributed by atoms with van der Waals surface area (Å²) in [7, 11) is 3.34. The van der Waals surface area contributed by atoms with Crippen molar-refractivity contribution < 1.29 is 13.9 Å². The molecular formula is C13H19FN2O2. The van der Waals surface area contributed by atoms with Gasteiger partial charge in [0.25, 0.3) is 0 Å². The van der Waals surface area contributed by atoms with E-state index in [-0.39, 0.29) is 23.7 Å². The Morgan fingerprint density at radius 2 is 1.89 bits per heavy atom. The van der Waals surface area contributed by atoms with Crippen LogP contribution >= 0.6 is 0 Å². The van der Waals surface area contributed by atoms with Crippen LogP contribution in [0.3, 0.4) is 0 Å². The van der Waals surface area contributed by atoms with Gasteiger partial charge in [-0.15, -0.1) is 0 Å². The van der Waals surface area contributed by atoms with E-state index in [9.17, 15) is 4.39 Å². The molecule has 1 aliphatic heterocycles. The molecule has 2 rings (SSSR count). The highest BCUT2D eigenvalue weighted by Crippen LogP contribution is 2.21. The van der Waals surface area contributed by atoms with E-state index >= 15 is 0 Å². The van der Waals surface area contributed by atoms with E-state index in [4.69, 9.17) is 15.2 Å². The summed E-state index contributed by atoms with van der Waals surface area (Å²) in [5.41, 5.74) is 6.36. The fourth-order valence-electron chi connectivity index (χ4n) is 2.36. The van der Waals surface area contributed by atoms with Gasteiger partial charge < -0.3 is 15.2 Å². The zero-order valence-corrected chi connectivity index (χ0v) is 10.7. The minimum atomic E-state index is -0.327. The van der Waals surface area contributed by atoms with Gasteiger partial charge in [0.1, 0.15) is 0 Å². The number of ether oxygens (including phenoxy) is 2. The molecule has 1 saturated heterocycles. The van der Waals surface area contributed by atoms with Crippen molar-refractivity contribution in [2.24, 2.45) is 0 Å². The van der Waals surface area contributed by atoms with Gasteiger partial charge in [-0.05, 0) is 6.07 Å². The summed E-state index contributed by atoms with van der Waals surface area (Å²) >= 11 is 0. The third-order valence-electron chi connectivity index (χ3n) is 3.40. The van der Waals surface area contributed by atoms with Gasteiger partial charge in [-0.1, -0.05) is 12.1 Å². The SMILES string of the molecule is COC1CN(Cc2cccc(N)c2F)CC1OC. The van der Waals surface area contributed by atoms with E-state index in [0.29, 0.717) is 12.1 Å². The lowest BCUT2D eigenvalue weighted by molar-refractivity contribution is -0.00461. The molecule has 0 saturated carbocycles. The number of nitrogens with two attached hydrogens (primary N) is 1. The molecule has 1 aromatic carbocycles.